The Labute approximate surface area is 111 Å². The van der Waals surface area contributed by atoms with Crippen molar-refractivity contribution in [3.63, 3.8) is 0 Å². The van der Waals surface area contributed by atoms with E-state index in [1.165, 1.54) is 19.2 Å². The quantitative estimate of drug-likeness (QED) is 0.858. The van der Waals surface area contributed by atoms with Crippen LogP contribution >= 0.6 is 0 Å². The molecule has 19 heavy (non-hydrogen) atoms. The minimum Gasteiger partial charge on any atom is -0.481 e. The van der Waals surface area contributed by atoms with E-state index in [1.807, 2.05) is 0 Å². The lowest BCUT2D eigenvalue weighted by molar-refractivity contribution is -0.137. The first-order valence-electron chi connectivity index (χ1n) is 5.63. The Morgan fingerprint density at radius 1 is 1.42 bits per heavy atom. The Kier molecular flexibility index (Phi) is 5.02. The van der Waals surface area contributed by atoms with Crippen LogP contribution < -0.4 is 0 Å². The monoisotopic (exact) mass is 289 g/mol. The summed E-state index contributed by atoms with van der Waals surface area (Å²) in [6.45, 7) is 1.48. The summed E-state index contributed by atoms with van der Waals surface area (Å²) in [5, 5.41) is 8.51. The van der Waals surface area contributed by atoms with Crippen molar-refractivity contribution < 1.29 is 22.7 Å². The van der Waals surface area contributed by atoms with Gasteiger partial charge in [-0.2, -0.15) is 0 Å². The fourth-order valence-electron chi connectivity index (χ4n) is 1.44. The zero-order valence-electron chi connectivity index (χ0n) is 10.8. The fourth-order valence-corrected chi connectivity index (χ4v) is 2.63. The summed E-state index contributed by atoms with van der Waals surface area (Å²) >= 11 is 0. The van der Waals surface area contributed by atoms with Crippen LogP contribution in [0.1, 0.15) is 17.5 Å². The molecule has 0 saturated carbocycles. The number of carbonyl (C=O) groups is 1. The van der Waals surface area contributed by atoms with Crippen LogP contribution in [-0.2, 0) is 20.6 Å². The largest absolute Gasteiger partial charge is 0.481 e. The van der Waals surface area contributed by atoms with Gasteiger partial charge in [0.15, 0.2) is 0 Å². The third-order valence-electron chi connectivity index (χ3n) is 2.70. The number of carboxylic acids is 1. The molecule has 1 N–H and O–H groups in total. The molecule has 0 spiro atoms. The second-order valence-electron chi connectivity index (χ2n) is 4.31. The Bertz CT molecular complexity index is 571. The molecule has 0 unspecified atom stereocenters. The molecule has 1 aromatic rings. The average molecular weight is 289 g/mol. The van der Waals surface area contributed by atoms with Gasteiger partial charge in [-0.1, -0.05) is 12.1 Å². The molecular formula is C12H16FNO4S. The molecule has 106 valence electrons. The van der Waals surface area contributed by atoms with Crippen molar-refractivity contribution >= 4 is 16.0 Å². The Balaban J connectivity index is 2.78. The first-order chi connectivity index (χ1) is 8.72. The summed E-state index contributed by atoms with van der Waals surface area (Å²) in [4.78, 5) is 10.4. The van der Waals surface area contributed by atoms with Gasteiger partial charge in [-0.15, -0.1) is 0 Å². The van der Waals surface area contributed by atoms with E-state index in [1.54, 1.807) is 13.0 Å². The van der Waals surface area contributed by atoms with Gasteiger partial charge in [0.1, 0.15) is 5.82 Å². The minimum atomic E-state index is -3.64. The maximum absolute atomic E-state index is 13.3. The minimum absolute atomic E-state index is 0.105. The van der Waals surface area contributed by atoms with Gasteiger partial charge in [0.25, 0.3) is 0 Å². The standard InChI is InChI=1S/C12H16FNO4S/c1-9-3-4-10(7-11(9)13)8-19(17,18)14(2)6-5-12(15)16/h3-4,7H,5-6,8H2,1-2H3,(H,15,16). The molecule has 5 nitrogen and oxygen atoms in total. The van der Waals surface area contributed by atoms with Crippen LogP contribution in [-0.4, -0.2) is 37.4 Å². The van der Waals surface area contributed by atoms with E-state index in [9.17, 15) is 17.6 Å². The molecule has 0 aliphatic carbocycles. The summed E-state index contributed by atoms with van der Waals surface area (Å²) in [5.41, 5.74) is 0.783. The summed E-state index contributed by atoms with van der Waals surface area (Å²) in [6.07, 6.45) is -0.266. The van der Waals surface area contributed by atoms with Crippen molar-refractivity contribution in [3.8, 4) is 0 Å². The number of benzene rings is 1. The lowest BCUT2D eigenvalue weighted by Crippen LogP contribution is -2.30. The van der Waals surface area contributed by atoms with Crippen molar-refractivity contribution in [1.82, 2.24) is 4.31 Å². The SMILES string of the molecule is Cc1ccc(CS(=O)(=O)N(C)CCC(=O)O)cc1F. The van der Waals surface area contributed by atoms with Gasteiger partial charge in [-0.3, -0.25) is 4.79 Å². The van der Waals surface area contributed by atoms with Crippen LogP contribution in [0, 0.1) is 12.7 Å². The van der Waals surface area contributed by atoms with Crippen molar-refractivity contribution in [2.75, 3.05) is 13.6 Å². The zero-order valence-corrected chi connectivity index (χ0v) is 11.6. The summed E-state index contributed by atoms with van der Waals surface area (Å²) < 4.78 is 38.1. The number of hydrogen-bond acceptors (Lipinski definition) is 3. The number of halogens is 1. The zero-order chi connectivity index (χ0) is 14.6. The number of carboxylic acid groups (broad SMARTS) is 1. The normalized spacial score (nSPS) is 11.8. The summed E-state index contributed by atoms with van der Waals surface area (Å²) in [5.74, 6) is -1.87. The van der Waals surface area contributed by atoms with Crippen LogP contribution in [0.2, 0.25) is 0 Å². The number of sulfonamides is 1. The topological polar surface area (TPSA) is 74.7 Å². The highest BCUT2D eigenvalue weighted by molar-refractivity contribution is 7.88. The van der Waals surface area contributed by atoms with Gasteiger partial charge < -0.3 is 5.11 Å². The Morgan fingerprint density at radius 2 is 2.05 bits per heavy atom. The van der Waals surface area contributed by atoms with Crippen LogP contribution in [0.3, 0.4) is 0 Å². The van der Waals surface area contributed by atoms with Crippen molar-refractivity contribution in [2.24, 2.45) is 0 Å². The highest BCUT2D eigenvalue weighted by Gasteiger charge is 2.19. The molecule has 0 amide bonds. The lowest BCUT2D eigenvalue weighted by Gasteiger charge is -2.16. The summed E-state index contributed by atoms with van der Waals surface area (Å²) in [7, 11) is -2.33. The number of nitrogens with zero attached hydrogens (tertiary/aromatic N) is 1. The molecule has 0 aliphatic rings. The summed E-state index contributed by atoms with van der Waals surface area (Å²) in [6, 6.07) is 4.23. The molecule has 1 rings (SSSR count). The van der Waals surface area contributed by atoms with Crippen molar-refractivity contribution in [1.29, 1.82) is 0 Å². The van der Waals surface area contributed by atoms with Crippen LogP contribution in [0.4, 0.5) is 4.39 Å². The molecule has 0 aliphatic heterocycles. The first-order valence-corrected chi connectivity index (χ1v) is 7.24. The number of aryl methyl sites for hydroxylation is 1. The first kappa shape index (κ1) is 15.6. The third kappa shape index (κ3) is 4.60. The smallest absolute Gasteiger partial charge is 0.304 e. The van der Waals surface area contributed by atoms with Crippen LogP contribution in [0.25, 0.3) is 0 Å². The number of rotatable bonds is 6. The molecule has 0 bridgehead atoms. The van der Waals surface area contributed by atoms with Gasteiger partial charge in [0.05, 0.1) is 12.2 Å². The van der Waals surface area contributed by atoms with Gasteiger partial charge in [-0.25, -0.2) is 17.1 Å². The molecule has 0 saturated heterocycles. The van der Waals surface area contributed by atoms with Crippen LogP contribution in [0.5, 0.6) is 0 Å². The van der Waals surface area contributed by atoms with E-state index in [0.717, 1.165) is 4.31 Å². The second-order valence-corrected chi connectivity index (χ2v) is 6.38. The lowest BCUT2D eigenvalue weighted by atomic mass is 10.2. The van der Waals surface area contributed by atoms with Gasteiger partial charge in [0.2, 0.25) is 10.0 Å². The Morgan fingerprint density at radius 3 is 2.58 bits per heavy atom. The maximum Gasteiger partial charge on any atom is 0.304 e. The molecule has 0 aromatic heterocycles. The van der Waals surface area contributed by atoms with E-state index >= 15 is 0 Å². The predicted octanol–water partition coefficient (Wildman–Crippen LogP) is 1.37. The predicted molar refractivity (Wildman–Crippen MR) is 68.6 cm³/mol. The highest BCUT2D eigenvalue weighted by Crippen LogP contribution is 2.14. The third-order valence-corrected chi connectivity index (χ3v) is 4.53. The highest BCUT2D eigenvalue weighted by atomic mass is 32.2. The average Bonchev–Trinajstić information content (AvgIpc) is 2.30. The molecule has 7 heteroatoms. The van der Waals surface area contributed by atoms with Crippen LogP contribution in [0.15, 0.2) is 18.2 Å². The maximum atomic E-state index is 13.3. The van der Waals surface area contributed by atoms with E-state index in [2.05, 4.69) is 0 Å². The molecular weight excluding hydrogens is 273 g/mol. The molecule has 1 aromatic carbocycles. The van der Waals surface area contributed by atoms with Gasteiger partial charge >= 0.3 is 5.97 Å². The number of hydrogen-bond donors (Lipinski definition) is 1. The van der Waals surface area contributed by atoms with Crippen molar-refractivity contribution in [2.45, 2.75) is 19.1 Å². The fraction of sp³-hybridized carbons (Fsp3) is 0.417. The van der Waals surface area contributed by atoms with E-state index < -0.39 is 21.8 Å². The van der Waals surface area contributed by atoms with Crippen molar-refractivity contribution in [3.05, 3.63) is 35.1 Å². The molecule has 0 heterocycles. The van der Waals surface area contributed by atoms with E-state index in [4.69, 9.17) is 5.11 Å². The number of aliphatic carboxylic acids is 1. The van der Waals surface area contributed by atoms with Gasteiger partial charge in [0, 0.05) is 13.6 Å². The molecule has 0 fully saturated rings. The van der Waals surface area contributed by atoms with E-state index in [0.29, 0.717) is 11.1 Å². The molecule has 0 radical (unpaired) electrons. The Hall–Kier alpha value is -1.47. The molecule has 0 atom stereocenters. The van der Waals surface area contributed by atoms with Gasteiger partial charge in [-0.05, 0) is 24.1 Å². The van der Waals surface area contributed by atoms with E-state index in [-0.39, 0.29) is 18.7 Å². The second kappa shape index (κ2) is 6.12.